The Morgan fingerprint density at radius 3 is 2.55 bits per heavy atom. The van der Waals surface area contributed by atoms with Crippen LogP contribution < -0.4 is 5.32 Å². The number of esters is 1. The number of urea groups is 1. The molecule has 2 aliphatic heterocycles. The second-order valence-electron chi connectivity index (χ2n) is 5.08. The Morgan fingerprint density at radius 2 is 2.00 bits per heavy atom. The van der Waals surface area contributed by atoms with E-state index in [1.807, 2.05) is 4.90 Å². The quantitative estimate of drug-likeness (QED) is 0.724. The minimum atomic E-state index is -0.309. The van der Waals surface area contributed by atoms with Gasteiger partial charge in [0, 0.05) is 13.1 Å². The number of amides is 3. The van der Waals surface area contributed by atoms with Crippen molar-refractivity contribution in [1.29, 1.82) is 0 Å². The molecule has 2 saturated heterocycles. The van der Waals surface area contributed by atoms with Crippen LogP contribution in [0.15, 0.2) is 0 Å². The number of carbonyl (C=O) groups is 3. The van der Waals surface area contributed by atoms with E-state index in [-0.39, 0.29) is 30.4 Å². The lowest BCUT2D eigenvalue weighted by Crippen LogP contribution is -2.45. The average molecular weight is 283 g/mol. The summed E-state index contributed by atoms with van der Waals surface area (Å²) >= 11 is 0. The second-order valence-corrected chi connectivity index (χ2v) is 5.08. The third-order valence-electron chi connectivity index (χ3n) is 3.72. The normalized spacial score (nSPS) is 20.9. The summed E-state index contributed by atoms with van der Waals surface area (Å²) < 4.78 is 5.01. The molecule has 2 fully saturated rings. The Balaban J connectivity index is 1.75. The van der Waals surface area contributed by atoms with Crippen LogP contribution in [0.5, 0.6) is 0 Å². The molecule has 0 unspecified atom stereocenters. The summed E-state index contributed by atoms with van der Waals surface area (Å²) in [7, 11) is 0. The van der Waals surface area contributed by atoms with E-state index in [1.54, 1.807) is 6.92 Å². The molecule has 2 heterocycles. The maximum atomic E-state index is 12.0. The Hall–Kier alpha value is -1.63. The van der Waals surface area contributed by atoms with Crippen LogP contribution in [0, 0.1) is 5.92 Å². The largest absolute Gasteiger partial charge is 0.466 e. The fraction of sp³-hybridized carbons (Fsp3) is 0.769. The molecule has 0 aromatic carbocycles. The Morgan fingerprint density at radius 1 is 1.30 bits per heavy atom. The standard InChI is InChI=1S/C13H21N3O4/c1-2-20-12(18)10-3-6-15(7-4-10)9-11(17)16-8-5-14-13(16)19/h10H,2-9H2,1H3,(H,14,19). The van der Waals surface area contributed by atoms with E-state index in [9.17, 15) is 14.4 Å². The summed E-state index contributed by atoms with van der Waals surface area (Å²) in [4.78, 5) is 38.2. The molecule has 20 heavy (non-hydrogen) atoms. The molecule has 0 aromatic heterocycles. The first-order valence-electron chi connectivity index (χ1n) is 7.09. The zero-order valence-electron chi connectivity index (χ0n) is 11.8. The smallest absolute Gasteiger partial charge is 0.324 e. The minimum absolute atomic E-state index is 0.0589. The zero-order valence-corrected chi connectivity index (χ0v) is 11.8. The number of hydrogen-bond acceptors (Lipinski definition) is 5. The molecule has 7 heteroatoms. The third-order valence-corrected chi connectivity index (χ3v) is 3.72. The highest BCUT2D eigenvalue weighted by Crippen LogP contribution is 2.18. The number of piperidine rings is 1. The molecular formula is C13H21N3O4. The van der Waals surface area contributed by atoms with Crippen molar-refractivity contribution in [2.45, 2.75) is 19.8 Å². The summed E-state index contributed by atoms with van der Waals surface area (Å²) in [6.45, 7) is 4.78. The van der Waals surface area contributed by atoms with Gasteiger partial charge in [0.1, 0.15) is 0 Å². The number of ether oxygens (including phenoxy) is 1. The Bertz CT molecular complexity index is 391. The summed E-state index contributed by atoms with van der Waals surface area (Å²) in [6, 6.07) is -0.309. The predicted octanol–water partition coefficient (Wildman–Crippen LogP) is -0.187. The monoisotopic (exact) mass is 283 g/mol. The van der Waals surface area contributed by atoms with Gasteiger partial charge in [-0.15, -0.1) is 0 Å². The zero-order chi connectivity index (χ0) is 14.5. The molecule has 2 aliphatic rings. The molecule has 0 atom stereocenters. The Kier molecular flexibility index (Phi) is 4.94. The van der Waals surface area contributed by atoms with Crippen molar-refractivity contribution in [2.75, 3.05) is 39.3 Å². The van der Waals surface area contributed by atoms with Gasteiger partial charge < -0.3 is 10.1 Å². The molecule has 7 nitrogen and oxygen atoms in total. The lowest BCUT2D eigenvalue weighted by molar-refractivity contribution is -0.149. The Labute approximate surface area is 118 Å². The maximum absolute atomic E-state index is 12.0. The van der Waals surface area contributed by atoms with E-state index in [0.29, 0.717) is 45.6 Å². The molecule has 0 aliphatic carbocycles. The lowest BCUT2D eigenvalue weighted by Gasteiger charge is -2.30. The molecule has 2 rings (SSSR count). The van der Waals surface area contributed by atoms with Gasteiger partial charge in [-0.1, -0.05) is 0 Å². The maximum Gasteiger partial charge on any atom is 0.324 e. The van der Waals surface area contributed by atoms with Crippen LogP contribution in [0.3, 0.4) is 0 Å². The highest BCUT2D eigenvalue weighted by atomic mass is 16.5. The van der Waals surface area contributed by atoms with Crippen molar-refractivity contribution < 1.29 is 19.1 Å². The van der Waals surface area contributed by atoms with Crippen LogP contribution in [-0.4, -0.2) is 67.0 Å². The van der Waals surface area contributed by atoms with Gasteiger partial charge in [0.2, 0.25) is 5.91 Å². The topological polar surface area (TPSA) is 79.0 Å². The van der Waals surface area contributed by atoms with Crippen LogP contribution in [0.2, 0.25) is 0 Å². The highest BCUT2D eigenvalue weighted by Gasteiger charge is 2.30. The third kappa shape index (κ3) is 3.47. The van der Waals surface area contributed by atoms with Crippen LogP contribution in [0.4, 0.5) is 4.79 Å². The molecule has 1 N–H and O–H groups in total. The number of likely N-dealkylation sites (tertiary alicyclic amines) is 1. The van der Waals surface area contributed by atoms with E-state index in [4.69, 9.17) is 4.74 Å². The van der Waals surface area contributed by atoms with Gasteiger partial charge in [-0.2, -0.15) is 0 Å². The van der Waals surface area contributed by atoms with Crippen LogP contribution in [0.1, 0.15) is 19.8 Å². The number of rotatable bonds is 4. The van der Waals surface area contributed by atoms with Gasteiger partial charge in [-0.05, 0) is 32.9 Å². The fourth-order valence-electron chi connectivity index (χ4n) is 2.57. The van der Waals surface area contributed by atoms with E-state index < -0.39 is 0 Å². The van der Waals surface area contributed by atoms with Crippen molar-refractivity contribution >= 4 is 17.9 Å². The lowest BCUT2D eigenvalue weighted by atomic mass is 9.97. The highest BCUT2D eigenvalue weighted by molar-refractivity contribution is 5.96. The van der Waals surface area contributed by atoms with Crippen molar-refractivity contribution in [3.8, 4) is 0 Å². The van der Waals surface area contributed by atoms with Crippen molar-refractivity contribution in [3.05, 3.63) is 0 Å². The SMILES string of the molecule is CCOC(=O)C1CCN(CC(=O)N2CCNC2=O)CC1. The van der Waals surface area contributed by atoms with Gasteiger partial charge in [0.15, 0.2) is 0 Å². The molecule has 0 bridgehead atoms. The van der Waals surface area contributed by atoms with Gasteiger partial charge in [-0.3, -0.25) is 19.4 Å². The number of imide groups is 1. The number of nitrogens with one attached hydrogen (secondary N) is 1. The molecule has 0 radical (unpaired) electrons. The predicted molar refractivity (Wildman–Crippen MR) is 70.9 cm³/mol. The summed E-state index contributed by atoms with van der Waals surface area (Å²) in [5, 5.41) is 2.61. The van der Waals surface area contributed by atoms with E-state index in [0.717, 1.165) is 0 Å². The van der Waals surface area contributed by atoms with Gasteiger partial charge in [0.25, 0.3) is 0 Å². The summed E-state index contributed by atoms with van der Waals surface area (Å²) in [5.74, 6) is -0.372. The summed E-state index contributed by atoms with van der Waals surface area (Å²) in [5.41, 5.74) is 0. The molecule has 112 valence electrons. The first kappa shape index (κ1) is 14.8. The molecule has 0 spiro atoms. The number of hydrogen-bond donors (Lipinski definition) is 1. The number of carbonyl (C=O) groups excluding carboxylic acids is 3. The second kappa shape index (κ2) is 6.69. The molecule has 0 saturated carbocycles. The molecule has 0 aromatic rings. The van der Waals surface area contributed by atoms with Crippen LogP contribution in [0.25, 0.3) is 0 Å². The fourth-order valence-corrected chi connectivity index (χ4v) is 2.57. The van der Waals surface area contributed by atoms with E-state index >= 15 is 0 Å². The van der Waals surface area contributed by atoms with E-state index in [1.165, 1.54) is 4.90 Å². The van der Waals surface area contributed by atoms with Gasteiger partial charge >= 0.3 is 12.0 Å². The van der Waals surface area contributed by atoms with Crippen LogP contribution in [-0.2, 0) is 14.3 Å². The first-order valence-corrected chi connectivity index (χ1v) is 7.09. The van der Waals surface area contributed by atoms with Crippen molar-refractivity contribution in [3.63, 3.8) is 0 Å². The molecular weight excluding hydrogens is 262 g/mol. The average Bonchev–Trinajstić information content (AvgIpc) is 2.86. The molecule has 3 amide bonds. The minimum Gasteiger partial charge on any atom is -0.466 e. The summed E-state index contributed by atoms with van der Waals surface area (Å²) in [6.07, 6.45) is 1.41. The van der Waals surface area contributed by atoms with Crippen molar-refractivity contribution in [1.82, 2.24) is 15.1 Å². The van der Waals surface area contributed by atoms with Gasteiger partial charge in [-0.25, -0.2) is 4.79 Å². The first-order chi connectivity index (χ1) is 9.61. The van der Waals surface area contributed by atoms with Gasteiger partial charge in [0.05, 0.1) is 19.1 Å². The van der Waals surface area contributed by atoms with Crippen molar-refractivity contribution in [2.24, 2.45) is 5.92 Å². The van der Waals surface area contributed by atoms with Crippen LogP contribution >= 0.6 is 0 Å². The van der Waals surface area contributed by atoms with E-state index in [2.05, 4.69) is 5.32 Å². The number of nitrogens with zero attached hydrogens (tertiary/aromatic N) is 2.